The highest BCUT2D eigenvalue weighted by atomic mass is 32.1. The molecule has 0 bridgehead atoms. The maximum atomic E-state index is 11.1. The molecular formula is C5H3N5OS. The van der Waals surface area contributed by atoms with Gasteiger partial charge in [-0.3, -0.25) is 9.78 Å². The second-order valence-electron chi connectivity index (χ2n) is 2.08. The van der Waals surface area contributed by atoms with Crippen molar-refractivity contribution in [1.29, 1.82) is 0 Å². The van der Waals surface area contributed by atoms with Crippen LogP contribution in [0, 0.1) is 0 Å². The van der Waals surface area contributed by atoms with E-state index >= 15 is 0 Å². The fourth-order valence-electron chi connectivity index (χ4n) is 0.874. The number of nitrogens with one attached hydrogen (secondary N) is 2. The normalized spacial score (nSPS) is 10.3. The van der Waals surface area contributed by atoms with Crippen molar-refractivity contribution in [2.45, 2.75) is 0 Å². The molecule has 0 atom stereocenters. The lowest BCUT2D eigenvalue weighted by molar-refractivity contribution is 1.14. The highest BCUT2D eigenvalue weighted by Crippen LogP contribution is 2.04. The molecule has 60 valence electrons. The summed E-state index contributed by atoms with van der Waals surface area (Å²) in [6, 6.07) is 0. The molecule has 2 rings (SSSR count). The molecule has 0 radical (unpaired) electrons. The minimum atomic E-state index is -0.318. The molecule has 7 heteroatoms. The van der Waals surface area contributed by atoms with Crippen molar-refractivity contribution in [3.63, 3.8) is 0 Å². The molecule has 0 amide bonds. The topological polar surface area (TPSA) is 86.8 Å². The van der Waals surface area contributed by atoms with Crippen LogP contribution in [0.15, 0.2) is 15.5 Å². The third kappa shape index (κ3) is 0.909. The number of nitrogens with zero attached hydrogens (tertiary/aromatic N) is 3. The SMILES string of the molecule is O=c1[nH]c(N=S)nc2nc[nH]c12. The van der Waals surface area contributed by atoms with E-state index in [4.69, 9.17) is 0 Å². The quantitative estimate of drug-likeness (QED) is 0.648. The van der Waals surface area contributed by atoms with Crippen molar-refractivity contribution in [3.05, 3.63) is 16.7 Å². The average molecular weight is 181 g/mol. The Morgan fingerprint density at radius 1 is 1.58 bits per heavy atom. The number of hydrogen-bond acceptors (Lipinski definition) is 5. The lowest BCUT2D eigenvalue weighted by Gasteiger charge is -1.88. The minimum absolute atomic E-state index is 0.106. The molecular weight excluding hydrogens is 178 g/mol. The summed E-state index contributed by atoms with van der Waals surface area (Å²) in [7, 11) is 0. The smallest absolute Gasteiger partial charge is 0.278 e. The number of aromatic amines is 2. The summed E-state index contributed by atoms with van der Waals surface area (Å²) < 4.78 is 3.32. The van der Waals surface area contributed by atoms with Gasteiger partial charge in [-0.1, -0.05) is 0 Å². The maximum Gasteiger partial charge on any atom is 0.278 e. The van der Waals surface area contributed by atoms with Crippen molar-refractivity contribution in [2.75, 3.05) is 0 Å². The van der Waals surface area contributed by atoms with Gasteiger partial charge in [0.2, 0.25) is 5.95 Å². The summed E-state index contributed by atoms with van der Waals surface area (Å²) in [4.78, 5) is 23.8. The van der Waals surface area contributed by atoms with E-state index in [0.29, 0.717) is 11.2 Å². The van der Waals surface area contributed by atoms with Gasteiger partial charge in [0, 0.05) is 12.4 Å². The molecule has 0 spiro atoms. The molecule has 0 saturated carbocycles. The Morgan fingerprint density at radius 3 is 3.17 bits per heavy atom. The van der Waals surface area contributed by atoms with Gasteiger partial charge in [-0.15, -0.1) is 4.36 Å². The number of rotatable bonds is 1. The lowest BCUT2D eigenvalue weighted by Crippen LogP contribution is -2.06. The van der Waals surface area contributed by atoms with Gasteiger partial charge in [0.05, 0.1) is 6.33 Å². The molecule has 0 aliphatic rings. The average Bonchev–Trinajstić information content (AvgIpc) is 2.52. The van der Waals surface area contributed by atoms with Crippen LogP contribution in [0.4, 0.5) is 5.95 Å². The number of fused-ring (bicyclic) bond motifs is 1. The molecule has 0 fully saturated rings. The predicted octanol–water partition coefficient (Wildman–Crippen LogP) is 0.00820. The Morgan fingerprint density at radius 2 is 2.42 bits per heavy atom. The van der Waals surface area contributed by atoms with Crippen LogP contribution >= 0.6 is 0 Å². The molecule has 0 aliphatic heterocycles. The van der Waals surface area contributed by atoms with Crippen molar-refractivity contribution in [1.82, 2.24) is 19.9 Å². The first kappa shape index (κ1) is 7.04. The van der Waals surface area contributed by atoms with Gasteiger partial charge in [-0.25, -0.2) is 4.98 Å². The van der Waals surface area contributed by atoms with Gasteiger partial charge >= 0.3 is 0 Å². The van der Waals surface area contributed by atoms with Gasteiger partial charge in [-0.05, 0) is 0 Å². The molecule has 0 aliphatic carbocycles. The number of imidazole rings is 1. The zero-order valence-electron chi connectivity index (χ0n) is 5.74. The first-order valence-electron chi connectivity index (χ1n) is 3.08. The second kappa shape index (κ2) is 2.45. The van der Waals surface area contributed by atoms with Gasteiger partial charge in [0.25, 0.3) is 5.56 Å². The Balaban J connectivity index is 2.93. The molecule has 2 aromatic rings. The highest BCUT2D eigenvalue weighted by Gasteiger charge is 2.03. The molecule has 0 aromatic carbocycles. The maximum absolute atomic E-state index is 11.1. The molecule has 2 heterocycles. The van der Waals surface area contributed by atoms with Crippen molar-refractivity contribution in [2.24, 2.45) is 4.36 Å². The number of aromatic nitrogens is 4. The van der Waals surface area contributed by atoms with E-state index in [-0.39, 0.29) is 11.5 Å². The van der Waals surface area contributed by atoms with Crippen LogP contribution in [0.5, 0.6) is 0 Å². The Bertz CT molecular complexity index is 486. The van der Waals surface area contributed by atoms with E-state index in [0.717, 1.165) is 0 Å². The van der Waals surface area contributed by atoms with E-state index in [9.17, 15) is 4.79 Å². The summed E-state index contributed by atoms with van der Waals surface area (Å²) in [5, 5.41) is 0. The van der Waals surface area contributed by atoms with E-state index in [2.05, 4.69) is 36.7 Å². The Labute approximate surface area is 71.2 Å². The second-order valence-corrected chi connectivity index (χ2v) is 2.26. The third-order valence-corrected chi connectivity index (χ3v) is 1.54. The number of H-pyrrole nitrogens is 2. The minimum Gasteiger partial charge on any atom is -0.339 e. The summed E-state index contributed by atoms with van der Waals surface area (Å²) >= 11 is 4.37. The Hall–Kier alpha value is -1.63. The highest BCUT2D eigenvalue weighted by molar-refractivity contribution is 7.47. The van der Waals surface area contributed by atoms with E-state index < -0.39 is 0 Å². The van der Waals surface area contributed by atoms with E-state index in [1.165, 1.54) is 6.33 Å². The lowest BCUT2D eigenvalue weighted by atomic mass is 10.5. The number of hydrogen-bond donors (Lipinski definition) is 2. The van der Waals surface area contributed by atoms with Crippen LogP contribution in [-0.4, -0.2) is 19.9 Å². The Kier molecular flexibility index (Phi) is 1.44. The molecule has 2 aromatic heterocycles. The van der Waals surface area contributed by atoms with E-state index in [1.54, 1.807) is 0 Å². The molecule has 6 nitrogen and oxygen atoms in total. The van der Waals surface area contributed by atoms with E-state index in [1.807, 2.05) is 0 Å². The molecule has 2 N–H and O–H groups in total. The summed E-state index contributed by atoms with van der Waals surface area (Å²) in [6.45, 7) is 0. The summed E-state index contributed by atoms with van der Waals surface area (Å²) in [5.41, 5.74) is 0.334. The fourth-order valence-corrected chi connectivity index (χ4v) is 0.961. The molecule has 12 heavy (non-hydrogen) atoms. The first-order valence-corrected chi connectivity index (χ1v) is 3.44. The van der Waals surface area contributed by atoms with Crippen LogP contribution in [0.1, 0.15) is 0 Å². The summed E-state index contributed by atoms with van der Waals surface area (Å²) in [5.74, 6) is 0.106. The predicted molar refractivity (Wildman–Crippen MR) is 44.0 cm³/mol. The van der Waals surface area contributed by atoms with Crippen LogP contribution < -0.4 is 5.56 Å². The standard InChI is InChI=1S/C5H3N5OS/c11-4-2-3(7-1-6-2)8-5(9-4)10-12/h1H,(H2,6,7,8,9,11). The van der Waals surface area contributed by atoms with Crippen LogP contribution in [0.3, 0.4) is 0 Å². The zero-order valence-corrected chi connectivity index (χ0v) is 6.55. The first-order chi connectivity index (χ1) is 5.81. The van der Waals surface area contributed by atoms with Crippen molar-refractivity contribution < 1.29 is 0 Å². The molecule has 0 unspecified atom stereocenters. The largest absolute Gasteiger partial charge is 0.339 e. The zero-order chi connectivity index (χ0) is 8.55. The van der Waals surface area contributed by atoms with Crippen LogP contribution in [-0.2, 0) is 12.4 Å². The van der Waals surface area contributed by atoms with Gasteiger partial charge < -0.3 is 4.98 Å². The molecule has 0 saturated heterocycles. The summed E-state index contributed by atoms with van der Waals surface area (Å²) in [6.07, 6.45) is 1.39. The monoisotopic (exact) mass is 181 g/mol. The van der Waals surface area contributed by atoms with Crippen LogP contribution in [0.2, 0.25) is 0 Å². The van der Waals surface area contributed by atoms with Gasteiger partial charge in [-0.2, -0.15) is 4.98 Å². The fraction of sp³-hybridized carbons (Fsp3) is 0. The van der Waals surface area contributed by atoms with Crippen LogP contribution in [0.25, 0.3) is 11.2 Å². The van der Waals surface area contributed by atoms with Crippen molar-refractivity contribution >= 4 is 29.5 Å². The van der Waals surface area contributed by atoms with Gasteiger partial charge in [0.15, 0.2) is 11.2 Å². The van der Waals surface area contributed by atoms with Gasteiger partial charge in [0.1, 0.15) is 0 Å². The third-order valence-electron chi connectivity index (χ3n) is 1.37. The van der Waals surface area contributed by atoms with Crippen molar-refractivity contribution in [3.8, 4) is 0 Å².